The highest BCUT2D eigenvalue weighted by Crippen LogP contribution is 2.40. The summed E-state index contributed by atoms with van der Waals surface area (Å²) < 4.78 is 5.51. The highest BCUT2D eigenvalue weighted by molar-refractivity contribution is 7.02. The molecule has 0 saturated carbocycles. The van der Waals surface area contributed by atoms with Gasteiger partial charge in [-0.2, -0.15) is 0 Å². The SMILES string of the molecule is C=CCc1c(Cl)c(Cl)cc(Cl)c1O[Si](C)Cl. The normalized spacial score (nSPS) is 10.6. The molecule has 1 rings (SSSR count). The summed E-state index contributed by atoms with van der Waals surface area (Å²) >= 11 is 23.9. The smallest absolute Gasteiger partial charge is 0.389 e. The molecule has 1 aromatic rings. The van der Waals surface area contributed by atoms with Crippen molar-refractivity contribution in [3.05, 3.63) is 39.4 Å². The highest BCUT2D eigenvalue weighted by Gasteiger charge is 2.17. The Bertz CT molecular complexity index is 406. The summed E-state index contributed by atoms with van der Waals surface area (Å²) in [5, 5.41) is 1.24. The Hall–Kier alpha value is 0.137. The maximum absolute atomic E-state index is 6.08. The molecule has 16 heavy (non-hydrogen) atoms. The van der Waals surface area contributed by atoms with E-state index >= 15 is 0 Å². The van der Waals surface area contributed by atoms with Crippen molar-refractivity contribution in [1.82, 2.24) is 0 Å². The third-order valence-corrected chi connectivity index (χ3v) is 3.63. The van der Waals surface area contributed by atoms with Crippen LogP contribution < -0.4 is 4.43 Å². The van der Waals surface area contributed by atoms with Crippen molar-refractivity contribution in [2.24, 2.45) is 0 Å². The van der Waals surface area contributed by atoms with Crippen molar-refractivity contribution < 1.29 is 4.43 Å². The molecule has 0 fully saturated rings. The molecule has 87 valence electrons. The molecule has 0 aromatic heterocycles. The summed E-state index contributed by atoms with van der Waals surface area (Å²) in [6, 6.07) is 1.55. The fourth-order valence-electron chi connectivity index (χ4n) is 1.21. The molecular weight excluding hydrogens is 306 g/mol. The minimum absolute atomic E-state index is 0.398. The average molecular weight is 315 g/mol. The number of hydrogen-bond acceptors (Lipinski definition) is 1. The van der Waals surface area contributed by atoms with Crippen molar-refractivity contribution in [3.63, 3.8) is 0 Å². The lowest BCUT2D eigenvalue weighted by molar-refractivity contribution is 0.585. The molecule has 0 atom stereocenters. The average Bonchev–Trinajstić information content (AvgIpc) is 2.19. The molecule has 0 spiro atoms. The Morgan fingerprint density at radius 2 is 2.00 bits per heavy atom. The number of rotatable bonds is 4. The molecule has 0 bridgehead atoms. The van der Waals surface area contributed by atoms with Gasteiger partial charge in [0.2, 0.25) is 0 Å². The number of halogens is 4. The van der Waals surface area contributed by atoms with E-state index in [-0.39, 0.29) is 0 Å². The van der Waals surface area contributed by atoms with Gasteiger partial charge in [-0.3, -0.25) is 0 Å². The molecule has 6 heteroatoms. The van der Waals surface area contributed by atoms with Crippen LogP contribution in [0.5, 0.6) is 5.75 Å². The van der Waals surface area contributed by atoms with Crippen molar-refractivity contribution in [2.45, 2.75) is 13.0 Å². The second-order valence-corrected chi connectivity index (χ2v) is 6.96. The van der Waals surface area contributed by atoms with Gasteiger partial charge >= 0.3 is 8.35 Å². The van der Waals surface area contributed by atoms with Crippen LogP contribution in [0.1, 0.15) is 5.56 Å². The van der Waals surface area contributed by atoms with E-state index in [1.165, 1.54) is 0 Å². The number of hydrogen-bond donors (Lipinski definition) is 0. The summed E-state index contributed by atoms with van der Waals surface area (Å²) in [5.74, 6) is 0.502. The van der Waals surface area contributed by atoms with Crippen LogP contribution in [0.4, 0.5) is 0 Å². The monoisotopic (exact) mass is 313 g/mol. The fraction of sp³-hybridized carbons (Fsp3) is 0.200. The van der Waals surface area contributed by atoms with Crippen LogP contribution in [0.3, 0.4) is 0 Å². The minimum atomic E-state index is -1.43. The summed E-state index contributed by atoms with van der Waals surface area (Å²) in [6.45, 7) is 5.45. The predicted octanol–water partition coefficient (Wildman–Crippen LogP) is 5.11. The van der Waals surface area contributed by atoms with Crippen LogP contribution in [-0.4, -0.2) is 8.35 Å². The third-order valence-electron chi connectivity index (χ3n) is 1.81. The Morgan fingerprint density at radius 1 is 1.38 bits per heavy atom. The van der Waals surface area contributed by atoms with Gasteiger partial charge in [0.05, 0.1) is 15.1 Å². The maximum Gasteiger partial charge on any atom is 0.389 e. The topological polar surface area (TPSA) is 9.23 Å². The third kappa shape index (κ3) is 3.31. The van der Waals surface area contributed by atoms with Crippen LogP contribution in [-0.2, 0) is 6.42 Å². The Balaban J connectivity index is 3.31. The number of allylic oxidation sites excluding steroid dienone is 1. The molecule has 0 unspecified atom stereocenters. The van der Waals surface area contributed by atoms with Crippen LogP contribution in [0, 0.1) is 0 Å². The van der Waals surface area contributed by atoms with Crippen LogP contribution in [0.2, 0.25) is 21.6 Å². The van der Waals surface area contributed by atoms with Gasteiger partial charge in [-0.15, -0.1) is 17.7 Å². The van der Waals surface area contributed by atoms with Gasteiger partial charge in [0.15, 0.2) is 0 Å². The quantitative estimate of drug-likeness (QED) is 0.325. The molecule has 1 nitrogen and oxygen atoms in total. The number of benzene rings is 1. The van der Waals surface area contributed by atoms with E-state index in [1.807, 2.05) is 0 Å². The van der Waals surface area contributed by atoms with E-state index in [1.54, 1.807) is 18.7 Å². The molecule has 0 amide bonds. The van der Waals surface area contributed by atoms with E-state index < -0.39 is 8.35 Å². The molecule has 0 saturated heterocycles. The lowest BCUT2D eigenvalue weighted by atomic mass is 10.1. The zero-order valence-corrected chi connectivity index (χ0v) is 12.5. The molecule has 1 radical (unpaired) electrons. The summed E-state index contributed by atoms with van der Waals surface area (Å²) in [5.41, 5.74) is 0.721. The first-order valence-corrected chi connectivity index (χ1v) is 8.47. The first-order chi connectivity index (χ1) is 7.47. The van der Waals surface area contributed by atoms with Crippen molar-refractivity contribution in [2.75, 3.05) is 0 Å². The minimum Gasteiger partial charge on any atom is -0.526 e. The van der Waals surface area contributed by atoms with Crippen molar-refractivity contribution in [1.29, 1.82) is 0 Å². The molecule has 0 aliphatic rings. The highest BCUT2D eigenvalue weighted by atomic mass is 35.6. The molecule has 0 aliphatic carbocycles. The summed E-state index contributed by atoms with van der Waals surface area (Å²) in [4.78, 5) is 0. The zero-order valence-electron chi connectivity index (χ0n) is 8.49. The van der Waals surface area contributed by atoms with Gasteiger partial charge in [0.1, 0.15) is 5.75 Å². The standard InChI is InChI=1S/C10H9Cl4OSi/c1-3-4-6-9(13)7(11)5-8(12)10(6)15-16(2)14/h3,5H,1,4H2,2H3. The lowest BCUT2D eigenvalue weighted by Crippen LogP contribution is -2.10. The van der Waals surface area contributed by atoms with Crippen LogP contribution in [0.25, 0.3) is 0 Å². The van der Waals surface area contributed by atoms with Crippen LogP contribution in [0.15, 0.2) is 18.7 Å². The molecule has 0 heterocycles. The van der Waals surface area contributed by atoms with E-state index in [9.17, 15) is 0 Å². The van der Waals surface area contributed by atoms with Crippen LogP contribution >= 0.6 is 45.9 Å². The fourth-order valence-corrected chi connectivity index (χ4v) is 2.77. The van der Waals surface area contributed by atoms with Crippen molar-refractivity contribution in [3.8, 4) is 5.75 Å². The zero-order chi connectivity index (χ0) is 12.3. The van der Waals surface area contributed by atoms with E-state index in [0.29, 0.717) is 27.2 Å². The van der Waals surface area contributed by atoms with E-state index in [4.69, 9.17) is 50.3 Å². The lowest BCUT2D eigenvalue weighted by Gasteiger charge is -2.15. The van der Waals surface area contributed by atoms with Gasteiger partial charge < -0.3 is 4.43 Å². The predicted molar refractivity (Wildman–Crippen MR) is 73.5 cm³/mol. The van der Waals surface area contributed by atoms with Gasteiger partial charge in [0.25, 0.3) is 0 Å². The maximum atomic E-state index is 6.08. The Labute approximate surface area is 116 Å². The summed E-state index contributed by atoms with van der Waals surface area (Å²) in [6.07, 6.45) is 2.23. The Morgan fingerprint density at radius 3 is 2.50 bits per heavy atom. The second-order valence-electron chi connectivity index (χ2n) is 3.03. The van der Waals surface area contributed by atoms with E-state index in [0.717, 1.165) is 5.56 Å². The van der Waals surface area contributed by atoms with Gasteiger partial charge in [-0.25, -0.2) is 0 Å². The first-order valence-electron chi connectivity index (χ1n) is 4.41. The van der Waals surface area contributed by atoms with Gasteiger partial charge in [-0.1, -0.05) is 40.9 Å². The molecule has 1 aromatic carbocycles. The first kappa shape index (κ1) is 14.2. The van der Waals surface area contributed by atoms with Gasteiger partial charge in [-0.05, 0) is 19.0 Å². The molecule has 0 N–H and O–H groups in total. The van der Waals surface area contributed by atoms with Gasteiger partial charge in [0, 0.05) is 5.56 Å². The Kier molecular flexibility index (Phi) is 5.48. The largest absolute Gasteiger partial charge is 0.526 e. The van der Waals surface area contributed by atoms with E-state index in [2.05, 4.69) is 6.58 Å². The summed E-state index contributed by atoms with van der Waals surface area (Å²) in [7, 11) is -1.43. The van der Waals surface area contributed by atoms with Crippen molar-refractivity contribution >= 4 is 54.2 Å². The molecule has 0 aliphatic heterocycles. The molecular formula is C10H9Cl4OSi. The second kappa shape index (κ2) is 6.17.